The van der Waals surface area contributed by atoms with Crippen LogP contribution in [0.25, 0.3) is 22.6 Å². The first-order valence-electron chi connectivity index (χ1n) is 11.6. The summed E-state index contributed by atoms with van der Waals surface area (Å²) in [6, 6.07) is 13.9. The number of unbranched alkanes of at least 4 members (excludes halogenated alkanes) is 1. The number of carboxylic acid groups (broad SMARTS) is 1. The zero-order chi connectivity index (χ0) is 24.9. The van der Waals surface area contributed by atoms with Gasteiger partial charge in [-0.05, 0) is 43.5 Å². The highest BCUT2D eigenvalue weighted by atomic mass is 16.4. The lowest BCUT2D eigenvalue weighted by Crippen LogP contribution is -2.29. The Labute approximate surface area is 201 Å². The third-order valence-corrected chi connectivity index (χ3v) is 6.06. The number of nitrogens with one attached hydrogen (secondary N) is 1. The topological polar surface area (TPSA) is 121 Å². The Kier molecular flexibility index (Phi) is 7.14. The van der Waals surface area contributed by atoms with Crippen LogP contribution in [-0.2, 0) is 17.9 Å². The molecule has 2 aromatic rings. The number of hydrogen-bond donors (Lipinski definition) is 2. The molecular weight excluding hydrogens is 446 g/mol. The van der Waals surface area contributed by atoms with Gasteiger partial charge in [-0.2, -0.15) is 4.98 Å². The molecule has 4 rings (SSSR count). The zero-order valence-corrected chi connectivity index (χ0v) is 19.8. The number of carbonyl (C=O) groups is 1. The number of aromatic nitrogens is 4. The maximum atomic E-state index is 12.5. The van der Waals surface area contributed by atoms with Crippen molar-refractivity contribution in [3.63, 3.8) is 0 Å². The van der Waals surface area contributed by atoms with Crippen molar-refractivity contribution >= 4 is 23.2 Å². The monoisotopic (exact) mass is 474 g/mol. The maximum absolute atomic E-state index is 12.5. The van der Waals surface area contributed by atoms with Gasteiger partial charge in [0.25, 0.3) is 5.56 Å². The molecule has 0 fully saturated rings. The van der Waals surface area contributed by atoms with Crippen LogP contribution in [0.2, 0.25) is 0 Å². The molecule has 2 N–H and O–H groups in total. The van der Waals surface area contributed by atoms with E-state index in [0.717, 1.165) is 28.6 Å². The van der Waals surface area contributed by atoms with Crippen molar-refractivity contribution in [3.8, 4) is 11.5 Å². The van der Waals surface area contributed by atoms with E-state index >= 15 is 0 Å². The number of aromatic amines is 1. The Morgan fingerprint density at radius 1 is 1.09 bits per heavy atom. The first kappa shape index (κ1) is 24.0. The minimum absolute atomic E-state index is 0.116. The van der Waals surface area contributed by atoms with Gasteiger partial charge < -0.3 is 9.67 Å². The highest BCUT2D eigenvalue weighted by Gasteiger charge is 2.20. The van der Waals surface area contributed by atoms with Crippen molar-refractivity contribution in [2.45, 2.75) is 46.2 Å². The second-order valence-corrected chi connectivity index (χ2v) is 8.68. The number of benzene rings is 2. The molecule has 0 saturated heterocycles. The Morgan fingerprint density at radius 3 is 2.57 bits per heavy atom. The average Bonchev–Trinajstić information content (AvgIpc) is 2.81. The molecule has 2 aliphatic rings. The highest BCUT2D eigenvalue weighted by Crippen LogP contribution is 2.23. The predicted molar refractivity (Wildman–Crippen MR) is 133 cm³/mol. The molecule has 0 aliphatic carbocycles. The number of fused-ring (bicyclic) bond motifs is 2. The molecule has 0 saturated carbocycles. The fraction of sp³-hybridized carbons (Fsp3) is 0.308. The van der Waals surface area contributed by atoms with Crippen LogP contribution in [0, 0.1) is 13.8 Å². The molecule has 2 aromatic carbocycles. The smallest absolute Gasteiger partial charge is 0.349 e. The van der Waals surface area contributed by atoms with Crippen molar-refractivity contribution in [2.24, 2.45) is 0 Å². The Balaban J connectivity index is 1.77. The third kappa shape index (κ3) is 5.68. The van der Waals surface area contributed by atoms with Gasteiger partial charge in [0.1, 0.15) is 13.1 Å². The van der Waals surface area contributed by atoms with Gasteiger partial charge in [-0.25, -0.2) is 14.4 Å². The highest BCUT2D eigenvalue weighted by molar-refractivity contribution is 5.82. The lowest BCUT2D eigenvalue weighted by molar-refractivity contribution is -0.541. The molecule has 0 radical (unpaired) electrons. The largest absolute Gasteiger partial charge is 0.481 e. The Hall–Kier alpha value is -4.14. The van der Waals surface area contributed by atoms with Gasteiger partial charge in [0.15, 0.2) is 24.3 Å². The van der Waals surface area contributed by atoms with Crippen LogP contribution in [-0.4, -0.2) is 47.9 Å². The molecule has 0 bridgehead atoms. The number of aliphatic carboxylic acids is 1. The Morgan fingerprint density at radius 2 is 1.83 bits per heavy atom. The van der Waals surface area contributed by atoms with Crippen LogP contribution in [0.3, 0.4) is 0 Å². The van der Waals surface area contributed by atoms with Crippen LogP contribution >= 0.6 is 0 Å². The van der Waals surface area contributed by atoms with Crippen molar-refractivity contribution in [1.29, 1.82) is 0 Å². The fourth-order valence-corrected chi connectivity index (χ4v) is 4.08. The van der Waals surface area contributed by atoms with Crippen molar-refractivity contribution in [3.05, 3.63) is 80.0 Å². The van der Waals surface area contributed by atoms with Crippen LogP contribution in [0.15, 0.2) is 52.1 Å². The Bertz CT molecular complexity index is 1490. The molecule has 0 amide bonds. The van der Waals surface area contributed by atoms with Crippen LogP contribution < -0.4 is 11.2 Å². The molecule has 180 valence electrons. The number of H-pyrrole nitrogens is 1. The van der Waals surface area contributed by atoms with Crippen molar-refractivity contribution in [2.75, 3.05) is 6.54 Å². The molecular formula is C26H28N5O4+. The summed E-state index contributed by atoms with van der Waals surface area (Å²) in [5.41, 5.74) is 3.50. The number of carboxylic acids is 1. The van der Waals surface area contributed by atoms with E-state index in [9.17, 15) is 14.4 Å². The number of hydrogen-bond acceptors (Lipinski definition) is 5. The van der Waals surface area contributed by atoms with Crippen molar-refractivity contribution < 1.29 is 14.5 Å². The predicted octanol–water partition coefficient (Wildman–Crippen LogP) is 2.74. The lowest BCUT2D eigenvalue weighted by Gasteiger charge is -2.16. The number of nitrogens with zero attached hydrogens (tertiary/aromatic N) is 4. The van der Waals surface area contributed by atoms with Gasteiger partial charge in [-0.3, -0.25) is 14.6 Å². The van der Waals surface area contributed by atoms with E-state index in [4.69, 9.17) is 5.11 Å². The third-order valence-electron chi connectivity index (χ3n) is 6.06. The van der Waals surface area contributed by atoms with E-state index in [0.29, 0.717) is 31.6 Å². The normalized spacial score (nSPS) is 11.9. The first-order chi connectivity index (χ1) is 16.8. The van der Waals surface area contributed by atoms with Gasteiger partial charge >= 0.3 is 11.7 Å². The average molecular weight is 475 g/mol. The van der Waals surface area contributed by atoms with E-state index in [1.54, 1.807) is 0 Å². The van der Waals surface area contributed by atoms with Gasteiger partial charge in [0.2, 0.25) is 0 Å². The maximum Gasteiger partial charge on any atom is 0.349 e. The van der Waals surface area contributed by atoms with Crippen LogP contribution in [0.1, 0.15) is 36.0 Å². The summed E-state index contributed by atoms with van der Waals surface area (Å²) < 4.78 is 3.98. The summed E-state index contributed by atoms with van der Waals surface area (Å²) >= 11 is 0. The van der Waals surface area contributed by atoms with Gasteiger partial charge in [-0.1, -0.05) is 30.3 Å². The van der Waals surface area contributed by atoms with E-state index in [-0.39, 0.29) is 17.9 Å². The number of rotatable bonds is 9. The molecule has 0 spiro atoms. The minimum atomic E-state index is -0.802. The van der Waals surface area contributed by atoms with E-state index < -0.39 is 17.2 Å². The molecule has 9 nitrogen and oxygen atoms in total. The summed E-state index contributed by atoms with van der Waals surface area (Å²) in [5, 5.41) is 8.96. The van der Waals surface area contributed by atoms with Gasteiger partial charge in [0, 0.05) is 18.4 Å². The standard InChI is InChI=1S/C26H27N5O4/c1-17-14-20-21(15-18(17)2)31(24-23(27-20)25(34)29-26(35)28-24)13-12-30(11-7-6-10-22(32)33)16-19-8-4-3-5-9-19/h3-5,8-9,12,14-15H,6-7,10-11,13,16H2,1-2H3,(H-,29,32,33,34,35)/p+1. The van der Waals surface area contributed by atoms with Crippen LogP contribution in [0.5, 0.6) is 0 Å². The summed E-state index contributed by atoms with van der Waals surface area (Å²) in [7, 11) is 0. The molecule has 0 aromatic heterocycles. The molecule has 2 aliphatic heterocycles. The summed E-state index contributed by atoms with van der Waals surface area (Å²) in [6.07, 6.45) is 3.44. The summed E-state index contributed by atoms with van der Waals surface area (Å²) in [4.78, 5) is 46.3. The second kappa shape index (κ2) is 10.4. The molecule has 9 heteroatoms. The van der Waals surface area contributed by atoms with E-state index in [1.165, 1.54) is 0 Å². The van der Waals surface area contributed by atoms with Crippen LogP contribution in [0.4, 0.5) is 0 Å². The van der Waals surface area contributed by atoms with Crippen molar-refractivity contribution in [1.82, 2.24) is 19.5 Å². The minimum Gasteiger partial charge on any atom is -0.481 e. The molecule has 2 heterocycles. The fourth-order valence-electron chi connectivity index (χ4n) is 4.08. The lowest BCUT2D eigenvalue weighted by atomic mass is 10.1. The summed E-state index contributed by atoms with van der Waals surface area (Å²) in [5.74, 6) is -0.569. The van der Waals surface area contributed by atoms with Gasteiger partial charge in [0.05, 0.1) is 11.0 Å². The SMILES string of the molecule is Cc1cc2nc3c(=O)[nH]c(=O)nc-3n(CC=[N+](CCCCC(=O)O)Cc3ccccc3)c2cc1C. The van der Waals surface area contributed by atoms with Gasteiger partial charge in [-0.15, -0.1) is 0 Å². The van der Waals surface area contributed by atoms with E-state index in [1.807, 2.05) is 67.1 Å². The molecule has 0 unspecified atom stereocenters. The molecule has 35 heavy (non-hydrogen) atoms. The zero-order valence-electron chi connectivity index (χ0n) is 19.8. The molecule has 0 atom stereocenters. The number of aryl methyl sites for hydroxylation is 2. The second-order valence-electron chi connectivity index (χ2n) is 8.68. The first-order valence-corrected chi connectivity index (χ1v) is 11.6. The quantitative estimate of drug-likeness (QED) is 0.167. The van der Waals surface area contributed by atoms with E-state index in [2.05, 4.69) is 19.5 Å². The summed E-state index contributed by atoms with van der Waals surface area (Å²) in [6.45, 7) is 5.66.